The molecule has 1 unspecified atom stereocenters. The van der Waals surface area contributed by atoms with Crippen LogP contribution in [0.4, 0.5) is 0 Å². The van der Waals surface area contributed by atoms with Gasteiger partial charge in [0.1, 0.15) is 6.04 Å². The van der Waals surface area contributed by atoms with Gasteiger partial charge in [-0.1, -0.05) is 60.7 Å². The van der Waals surface area contributed by atoms with Crippen molar-refractivity contribution in [2.24, 2.45) is 0 Å². The van der Waals surface area contributed by atoms with Crippen LogP contribution in [0.15, 0.2) is 77.7 Å². The Kier molecular flexibility index (Phi) is 7.84. The summed E-state index contributed by atoms with van der Waals surface area (Å²) < 4.78 is 27.3. The summed E-state index contributed by atoms with van der Waals surface area (Å²) in [6, 6.07) is 21.3. The van der Waals surface area contributed by atoms with Crippen LogP contribution in [0.5, 0.6) is 0 Å². The molecule has 0 heterocycles. The molecule has 0 saturated carbocycles. The van der Waals surface area contributed by atoms with Crippen LogP contribution in [0.25, 0.3) is 10.8 Å². The van der Waals surface area contributed by atoms with E-state index in [-0.39, 0.29) is 17.3 Å². The van der Waals surface area contributed by atoms with E-state index in [0.29, 0.717) is 13.0 Å². The van der Waals surface area contributed by atoms with E-state index >= 15 is 0 Å². The van der Waals surface area contributed by atoms with Crippen molar-refractivity contribution in [3.63, 3.8) is 0 Å². The third kappa shape index (κ3) is 5.77. The number of amides is 2. The third-order valence-corrected chi connectivity index (χ3v) is 7.48. The molecule has 0 fully saturated rings. The van der Waals surface area contributed by atoms with E-state index in [1.54, 1.807) is 25.1 Å². The predicted molar refractivity (Wildman–Crippen MR) is 129 cm³/mol. The monoisotopic (exact) mass is 467 g/mol. The molecule has 1 N–H and O–H groups in total. The first-order chi connectivity index (χ1) is 15.7. The van der Waals surface area contributed by atoms with E-state index in [2.05, 4.69) is 5.32 Å². The Bertz CT molecular complexity index is 1230. The molecule has 0 saturated heterocycles. The SMILES string of the molecule is CNC(=O)C(C)N(CCc1ccccc1)C(=O)CN(C)S(=O)(=O)c1ccc2ccccc2c1. The van der Waals surface area contributed by atoms with Crippen molar-refractivity contribution >= 4 is 32.6 Å². The molecule has 2 amide bonds. The van der Waals surface area contributed by atoms with Gasteiger partial charge in [-0.25, -0.2) is 8.42 Å². The van der Waals surface area contributed by atoms with Gasteiger partial charge in [0.25, 0.3) is 0 Å². The van der Waals surface area contributed by atoms with Gasteiger partial charge in [0.2, 0.25) is 21.8 Å². The van der Waals surface area contributed by atoms with Crippen molar-refractivity contribution in [1.82, 2.24) is 14.5 Å². The van der Waals surface area contributed by atoms with Crippen molar-refractivity contribution in [1.29, 1.82) is 0 Å². The number of likely N-dealkylation sites (N-methyl/N-ethyl adjacent to an activating group) is 2. The van der Waals surface area contributed by atoms with Crippen molar-refractivity contribution in [2.75, 3.05) is 27.2 Å². The number of sulfonamides is 1. The fourth-order valence-electron chi connectivity index (χ4n) is 3.65. The number of nitrogens with zero attached hydrogens (tertiary/aromatic N) is 2. The van der Waals surface area contributed by atoms with Crippen molar-refractivity contribution in [3.8, 4) is 0 Å². The molecule has 0 aromatic heterocycles. The first kappa shape index (κ1) is 24.4. The van der Waals surface area contributed by atoms with Crippen molar-refractivity contribution in [2.45, 2.75) is 24.3 Å². The second kappa shape index (κ2) is 10.6. The Labute approximate surface area is 195 Å². The highest BCUT2D eigenvalue weighted by Gasteiger charge is 2.29. The maximum Gasteiger partial charge on any atom is 0.243 e. The van der Waals surface area contributed by atoms with Gasteiger partial charge < -0.3 is 10.2 Å². The first-order valence-corrected chi connectivity index (χ1v) is 12.2. The number of nitrogens with one attached hydrogen (secondary N) is 1. The summed E-state index contributed by atoms with van der Waals surface area (Å²) in [5, 5.41) is 4.29. The second-order valence-electron chi connectivity index (χ2n) is 7.88. The van der Waals surface area contributed by atoms with Gasteiger partial charge in [-0.2, -0.15) is 4.31 Å². The lowest BCUT2D eigenvalue weighted by Crippen LogP contribution is -2.51. The summed E-state index contributed by atoms with van der Waals surface area (Å²) in [6.45, 7) is 1.56. The zero-order chi connectivity index (χ0) is 24.0. The van der Waals surface area contributed by atoms with Crippen LogP contribution in [0, 0.1) is 0 Å². The molecular formula is C25H29N3O4S. The van der Waals surface area contributed by atoms with Crippen LogP contribution in [-0.2, 0) is 26.0 Å². The van der Waals surface area contributed by atoms with Crippen LogP contribution >= 0.6 is 0 Å². The summed E-state index contributed by atoms with van der Waals surface area (Å²) in [4.78, 5) is 27.0. The molecular weight excluding hydrogens is 438 g/mol. The van der Waals surface area contributed by atoms with Crippen molar-refractivity contribution in [3.05, 3.63) is 78.4 Å². The molecule has 3 rings (SSSR count). The Hall–Kier alpha value is -3.23. The summed E-state index contributed by atoms with van der Waals surface area (Å²) in [6.07, 6.45) is 0.551. The van der Waals surface area contributed by atoms with Gasteiger partial charge in [0.15, 0.2) is 0 Å². The van der Waals surface area contributed by atoms with Crippen molar-refractivity contribution < 1.29 is 18.0 Å². The Morgan fingerprint density at radius 3 is 2.24 bits per heavy atom. The first-order valence-electron chi connectivity index (χ1n) is 10.7. The molecule has 7 nitrogen and oxygen atoms in total. The number of rotatable bonds is 9. The average molecular weight is 468 g/mol. The van der Waals surface area contributed by atoms with Crippen LogP contribution < -0.4 is 5.32 Å². The summed E-state index contributed by atoms with van der Waals surface area (Å²) >= 11 is 0. The van der Waals surface area contributed by atoms with Crippen LogP contribution in [-0.4, -0.2) is 62.7 Å². The number of carbonyl (C=O) groups excluding carboxylic acids is 2. The molecule has 174 valence electrons. The van der Waals surface area contributed by atoms with E-state index in [4.69, 9.17) is 0 Å². The molecule has 0 radical (unpaired) electrons. The lowest BCUT2D eigenvalue weighted by Gasteiger charge is -2.30. The lowest BCUT2D eigenvalue weighted by atomic mass is 10.1. The lowest BCUT2D eigenvalue weighted by molar-refractivity contribution is -0.139. The molecule has 3 aromatic rings. The molecule has 1 atom stereocenters. The van der Waals surface area contributed by atoms with Gasteiger partial charge in [-0.15, -0.1) is 0 Å². The van der Waals surface area contributed by atoms with E-state index in [0.717, 1.165) is 20.6 Å². The molecule has 0 bridgehead atoms. The van der Waals surface area contributed by atoms with Crippen LogP contribution in [0.3, 0.4) is 0 Å². The fraction of sp³-hybridized carbons (Fsp3) is 0.280. The Morgan fingerprint density at radius 1 is 0.939 bits per heavy atom. The fourth-order valence-corrected chi connectivity index (χ4v) is 4.81. The van der Waals surface area contributed by atoms with Gasteiger partial charge in [-0.3, -0.25) is 9.59 Å². The molecule has 0 spiro atoms. The summed E-state index contributed by atoms with van der Waals surface area (Å²) in [5.74, 6) is -0.745. The van der Waals surface area contributed by atoms with Gasteiger partial charge in [0, 0.05) is 20.6 Å². The highest BCUT2D eigenvalue weighted by Crippen LogP contribution is 2.21. The van der Waals surface area contributed by atoms with Gasteiger partial charge >= 0.3 is 0 Å². The number of hydrogen-bond acceptors (Lipinski definition) is 4. The van der Waals surface area contributed by atoms with E-state index in [9.17, 15) is 18.0 Å². The Morgan fingerprint density at radius 2 is 1.58 bits per heavy atom. The highest BCUT2D eigenvalue weighted by molar-refractivity contribution is 7.89. The van der Waals surface area contributed by atoms with Gasteiger partial charge in [-0.05, 0) is 41.8 Å². The predicted octanol–water partition coefficient (Wildman–Crippen LogP) is 2.67. The topological polar surface area (TPSA) is 86.8 Å². The Balaban J connectivity index is 1.79. The molecule has 0 aliphatic heterocycles. The maximum atomic E-state index is 13.2. The van der Waals surface area contributed by atoms with E-state index in [1.807, 2.05) is 54.6 Å². The normalized spacial score (nSPS) is 12.5. The van der Waals surface area contributed by atoms with Crippen LogP contribution in [0.2, 0.25) is 0 Å². The highest BCUT2D eigenvalue weighted by atomic mass is 32.2. The van der Waals surface area contributed by atoms with E-state index in [1.165, 1.54) is 19.0 Å². The summed E-state index contributed by atoms with van der Waals surface area (Å²) in [5.41, 5.74) is 1.02. The van der Waals surface area contributed by atoms with Crippen LogP contribution in [0.1, 0.15) is 12.5 Å². The number of fused-ring (bicyclic) bond motifs is 1. The average Bonchev–Trinajstić information content (AvgIpc) is 2.83. The standard InChI is InChI=1S/C25H29N3O4S/c1-19(25(30)26-2)28(16-15-20-9-5-4-6-10-20)24(29)18-27(3)33(31,32)23-14-13-21-11-7-8-12-22(21)17-23/h4-14,17,19H,15-16,18H2,1-3H3,(H,26,30). The molecule has 3 aromatic carbocycles. The summed E-state index contributed by atoms with van der Waals surface area (Å²) in [7, 11) is -1.01. The molecule has 33 heavy (non-hydrogen) atoms. The van der Waals surface area contributed by atoms with E-state index < -0.39 is 22.0 Å². The van der Waals surface area contributed by atoms with Gasteiger partial charge in [0.05, 0.1) is 11.4 Å². The molecule has 0 aliphatic rings. The number of carbonyl (C=O) groups is 2. The second-order valence-corrected chi connectivity index (χ2v) is 9.93. The zero-order valence-corrected chi connectivity index (χ0v) is 19.9. The minimum atomic E-state index is -3.89. The number of hydrogen-bond donors (Lipinski definition) is 1. The number of benzene rings is 3. The minimum Gasteiger partial charge on any atom is -0.357 e. The third-order valence-electron chi connectivity index (χ3n) is 5.68. The largest absolute Gasteiger partial charge is 0.357 e. The maximum absolute atomic E-state index is 13.2. The minimum absolute atomic E-state index is 0.117. The smallest absolute Gasteiger partial charge is 0.243 e. The quantitative estimate of drug-likeness (QED) is 0.524. The molecule has 8 heteroatoms. The zero-order valence-electron chi connectivity index (χ0n) is 19.1. The molecule has 0 aliphatic carbocycles.